The highest BCUT2D eigenvalue weighted by Crippen LogP contribution is 2.18. The van der Waals surface area contributed by atoms with Crippen molar-refractivity contribution in [2.75, 3.05) is 13.2 Å². The maximum absolute atomic E-state index is 12.8. The Labute approximate surface area is 110 Å². The number of carboxylic acid groups (broad SMARTS) is 1. The molecule has 0 spiro atoms. The van der Waals surface area contributed by atoms with E-state index in [9.17, 15) is 17.6 Å². The van der Waals surface area contributed by atoms with Crippen LogP contribution in [0.2, 0.25) is 0 Å². The van der Waals surface area contributed by atoms with E-state index in [1.54, 1.807) is 0 Å². The summed E-state index contributed by atoms with van der Waals surface area (Å²) in [4.78, 5) is 10.7. The molecular weight excluding hydrogens is 277 g/mol. The van der Waals surface area contributed by atoms with Crippen LogP contribution >= 0.6 is 0 Å². The van der Waals surface area contributed by atoms with E-state index < -0.39 is 34.5 Å². The van der Waals surface area contributed by atoms with E-state index in [0.717, 1.165) is 24.3 Å². The highest BCUT2D eigenvalue weighted by atomic mass is 32.2. The summed E-state index contributed by atoms with van der Waals surface area (Å²) >= 11 is 0. The zero-order chi connectivity index (χ0) is 14.6. The van der Waals surface area contributed by atoms with Crippen molar-refractivity contribution in [1.82, 2.24) is 4.31 Å². The predicted molar refractivity (Wildman–Crippen MR) is 64.5 cm³/mol. The molecule has 0 radical (unpaired) electrons. The molecule has 0 saturated heterocycles. The Morgan fingerprint density at radius 2 is 1.89 bits per heavy atom. The van der Waals surface area contributed by atoms with Crippen molar-refractivity contribution in [3.63, 3.8) is 0 Å². The minimum absolute atomic E-state index is 0.128. The summed E-state index contributed by atoms with van der Waals surface area (Å²) in [5.74, 6) is -2.05. The number of rotatable bonds is 6. The van der Waals surface area contributed by atoms with Crippen LogP contribution in [-0.4, -0.2) is 48.1 Å². The topological polar surface area (TPSA) is 94.9 Å². The molecule has 0 saturated carbocycles. The number of carboxylic acids is 1. The van der Waals surface area contributed by atoms with Gasteiger partial charge in [-0.25, -0.2) is 12.8 Å². The summed E-state index contributed by atoms with van der Waals surface area (Å²) in [5, 5.41) is 17.9. The van der Waals surface area contributed by atoms with Crippen LogP contribution in [0.4, 0.5) is 4.39 Å². The molecular formula is C11H14FNO5S. The van der Waals surface area contributed by atoms with Gasteiger partial charge < -0.3 is 10.2 Å². The zero-order valence-electron chi connectivity index (χ0n) is 10.2. The number of sulfonamides is 1. The van der Waals surface area contributed by atoms with Gasteiger partial charge in [-0.15, -0.1) is 0 Å². The quantitative estimate of drug-likeness (QED) is 0.785. The molecule has 6 nitrogen and oxygen atoms in total. The maximum atomic E-state index is 12.8. The first kappa shape index (κ1) is 15.5. The number of nitrogens with zero attached hydrogens (tertiary/aromatic N) is 1. The van der Waals surface area contributed by atoms with Crippen LogP contribution in [0.1, 0.15) is 6.92 Å². The molecule has 19 heavy (non-hydrogen) atoms. The van der Waals surface area contributed by atoms with Gasteiger partial charge in [0.15, 0.2) is 0 Å². The Hall–Kier alpha value is -1.51. The van der Waals surface area contributed by atoms with E-state index in [0.29, 0.717) is 4.31 Å². The molecule has 0 aliphatic heterocycles. The van der Waals surface area contributed by atoms with Gasteiger partial charge in [0.05, 0.1) is 11.5 Å². The van der Waals surface area contributed by atoms with Crippen molar-refractivity contribution in [2.45, 2.75) is 17.9 Å². The summed E-state index contributed by atoms with van der Waals surface area (Å²) in [6.07, 6.45) is 0. The van der Waals surface area contributed by atoms with E-state index in [1.807, 2.05) is 0 Å². The fraction of sp³-hybridized carbons (Fsp3) is 0.364. The Balaban J connectivity index is 3.22. The number of aliphatic carboxylic acids is 1. The largest absolute Gasteiger partial charge is 0.480 e. The summed E-state index contributed by atoms with van der Waals surface area (Å²) in [6.45, 7) is 0.480. The third kappa shape index (κ3) is 3.28. The van der Waals surface area contributed by atoms with Gasteiger partial charge >= 0.3 is 5.97 Å². The molecule has 1 atom stereocenters. The number of aliphatic hydroxyl groups excluding tert-OH is 1. The number of halogens is 1. The standard InChI is InChI=1S/C11H14FNO5S/c1-2-13(10(7-14)11(15)16)19(17,18)9-5-3-8(12)4-6-9/h3-6,10,14H,2,7H2,1H3,(H,15,16)/t10-/m0/s1. The first-order valence-electron chi connectivity index (χ1n) is 5.45. The Bertz CT molecular complexity index is 543. The lowest BCUT2D eigenvalue weighted by Gasteiger charge is -2.25. The molecule has 1 aromatic carbocycles. The summed E-state index contributed by atoms with van der Waals surface area (Å²) in [5.41, 5.74) is 0. The van der Waals surface area contributed by atoms with Crippen LogP contribution in [0.25, 0.3) is 0 Å². The third-order valence-corrected chi connectivity index (χ3v) is 4.54. The summed E-state index contributed by atoms with van der Waals surface area (Å²) in [7, 11) is -4.10. The maximum Gasteiger partial charge on any atom is 0.324 e. The SMILES string of the molecule is CCN([C@@H](CO)C(=O)O)S(=O)(=O)c1ccc(F)cc1. The van der Waals surface area contributed by atoms with Crippen molar-refractivity contribution in [3.05, 3.63) is 30.1 Å². The fourth-order valence-corrected chi connectivity index (χ4v) is 3.17. The number of likely N-dealkylation sites (N-methyl/N-ethyl adjacent to an activating group) is 1. The van der Waals surface area contributed by atoms with E-state index in [-0.39, 0.29) is 11.4 Å². The van der Waals surface area contributed by atoms with Crippen molar-refractivity contribution >= 4 is 16.0 Å². The van der Waals surface area contributed by atoms with E-state index in [2.05, 4.69) is 0 Å². The molecule has 106 valence electrons. The monoisotopic (exact) mass is 291 g/mol. The lowest BCUT2D eigenvalue weighted by Crippen LogP contribution is -2.47. The van der Waals surface area contributed by atoms with Gasteiger partial charge in [0.1, 0.15) is 11.9 Å². The number of benzene rings is 1. The van der Waals surface area contributed by atoms with Gasteiger partial charge in [-0.2, -0.15) is 4.31 Å². The molecule has 2 N–H and O–H groups in total. The van der Waals surface area contributed by atoms with Crippen molar-refractivity contribution in [1.29, 1.82) is 0 Å². The molecule has 1 rings (SSSR count). The Morgan fingerprint density at radius 3 is 2.26 bits per heavy atom. The average Bonchev–Trinajstić information content (AvgIpc) is 2.35. The highest BCUT2D eigenvalue weighted by molar-refractivity contribution is 7.89. The molecule has 8 heteroatoms. The van der Waals surface area contributed by atoms with Gasteiger partial charge in [0.2, 0.25) is 10.0 Å². The lowest BCUT2D eigenvalue weighted by molar-refractivity contribution is -0.142. The molecule has 0 heterocycles. The lowest BCUT2D eigenvalue weighted by atomic mass is 10.3. The second kappa shape index (κ2) is 6.09. The van der Waals surface area contributed by atoms with Crippen LogP contribution in [0.15, 0.2) is 29.2 Å². The number of aliphatic hydroxyl groups is 1. The zero-order valence-corrected chi connectivity index (χ0v) is 11.0. The predicted octanol–water partition coefficient (Wildman–Crippen LogP) is 0.282. The van der Waals surface area contributed by atoms with Crippen molar-refractivity contribution in [3.8, 4) is 0 Å². The first-order chi connectivity index (χ1) is 8.84. The van der Waals surface area contributed by atoms with Crippen molar-refractivity contribution in [2.24, 2.45) is 0 Å². The molecule has 1 aromatic rings. The van der Waals surface area contributed by atoms with Gasteiger partial charge in [0.25, 0.3) is 0 Å². The minimum Gasteiger partial charge on any atom is -0.480 e. The van der Waals surface area contributed by atoms with Crippen molar-refractivity contribution < 1.29 is 27.8 Å². The molecule has 0 bridgehead atoms. The minimum atomic E-state index is -4.10. The van der Waals surface area contributed by atoms with Gasteiger partial charge in [0, 0.05) is 6.54 Å². The first-order valence-corrected chi connectivity index (χ1v) is 6.89. The van der Waals surface area contributed by atoms with E-state index in [4.69, 9.17) is 10.2 Å². The normalized spacial score (nSPS) is 13.5. The number of hydrogen-bond donors (Lipinski definition) is 2. The number of carbonyl (C=O) groups is 1. The molecule has 0 aliphatic rings. The molecule has 0 unspecified atom stereocenters. The van der Waals surface area contributed by atoms with Crippen LogP contribution in [-0.2, 0) is 14.8 Å². The average molecular weight is 291 g/mol. The van der Waals surface area contributed by atoms with Crippen LogP contribution < -0.4 is 0 Å². The Kier molecular flexibility index (Phi) is 4.98. The molecule has 0 fully saturated rings. The Morgan fingerprint density at radius 1 is 1.37 bits per heavy atom. The van der Waals surface area contributed by atoms with Crippen LogP contribution in [0.3, 0.4) is 0 Å². The number of hydrogen-bond acceptors (Lipinski definition) is 4. The second-order valence-corrected chi connectivity index (χ2v) is 5.59. The van der Waals surface area contributed by atoms with Gasteiger partial charge in [-0.1, -0.05) is 6.92 Å². The van der Waals surface area contributed by atoms with E-state index in [1.165, 1.54) is 6.92 Å². The second-order valence-electron chi connectivity index (χ2n) is 3.70. The smallest absolute Gasteiger partial charge is 0.324 e. The molecule has 0 aliphatic carbocycles. The van der Waals surface area contributed by atoms with E-state index >= 15 is 0 Å². The summed E-state index contributed by atoms with van der Waals surface area (Å²) < 4.78 is 37.8. The highest BCUT2D eigenvalue weighted by Gasteiger charge is 2.34. The van der Waals surface area contributed by atoms with Crippen LogP contribution in [0, 0.1) is 5.82 Å². The molecule has 0 amide bonds. The van der Waals surface area contributed by atoms with Crippen LogP contribution in [0.5, 0.6) is 0 Å². The fourth-order valence-electron chi connectivity index (χ4n) is 1.59. The third-order valence-electron chi connectivity index (χ3n) is 2.54. The van der Waals surface area contributed by atoms with Gasteiger partial charge in [-0.05, 0) is 24.3 Å². The van der Waals surface area contributed by atoms with Gasteiger partial charge in [-0.3, -0.25) is 4.79 Å². The summed E-state index contributed by atoms with van der Waals surface area (Å²) in [6, 6.07) is 2.46. The molecule has 0 aromatic heterocycles.